The van der Waals surface area contributed by atoms with E-state index in [0.717, 1.165) is 31.6 Å². The van der Waals surface area contributed by atoms with E-state index in [2.05, 4.69) is 28.7 Å². The number of ether oxygens (including phenoxy) is 1. The van der Waals surface area contributed by atoms with Crippen LogP contribution in [0.25, 0.3) is 0 Å². The Balaban J connectivity index is 2.09. The Morgan fingerprint density at radius 1 is 1.42 bits per heavy atom. The summed E-state index contributed by atoms with van der Waals surface area (Å²) in [5.41, 5.74) is 0.975. The predicted molar refractivity (Wildman–Crippen MR) is 72.9 cm³/mol. The van der Waals surface area contributed by atoms with Crippen LogP contribution in [0.15, 0.2) is 12.4 Å². The van der Waals surface area contributed by atoms with E-state index in [1.807, 2.05) is 0 Å². The summed E-state index contributed by atoms with van der Waals surface area (Å²) in [6.45, 7) is 6.94. The molecular formula is C14H23N3O2. The molecule has 5 nitrogen and oxygen atoms in total. The molecular weight excluding hydrogens is 242 g/mol. The van der Waals surface area contributed by atoms with Crippen LogP contribution in [0.4, 0.5) is 0 Å². The largest absolute Gasteiger partial charge is 0.480 e. The molecule has 0 aromatic carbocycles. The zero-order valence-corrected chi connectivity index (χ0v) is 12.0. The third-order valence-corrected chi connectivity index (χ3v) is 3.52. The zero-order valence-electron chi connectivity index (χ0n) is 12.0. The van der Waals surface area contributed by atoms with Gasteiger partial charge < -0.3 is 9.84 Å². The highest BCUT2D eigenvalue weighted by Gasteiger charge is 2.29. The molecule has 0 bridgehead atoms. The van der Waals surface area contributed by atoms with Gasteiger partial charge in [-0.25, -0.2) is 4.98 Å². The fraction of sp³-hybridized carbons (Fsp3) is 0.714. The van der Waals surface area contributed by atoms with E-state index in [9.17, 15) is 5.11 Å². The van der Waals surface area contributed by atoms with Crippen molar-refractivity contribution >= 4 is 0 Å². The lowest BCUT2D eigenvalue weighted by Gasteiger charge is -2.29. The Morgan fingerprint density at radius 2 is 2.16 bits per heavy atom. The molecule has 2 rings (SSSR count). The molecule has 1 saturated heterocycles. The zero-order chi connectivity index (χ0) is 13.9. The van der Waals surface area contributed by atoms with Crippen molar-refractivity contribution in [2.24, 2.45) is 5.41 Å². The fourth-order valence-corrected chi connectivity index (χ4v) is 2.80. The van der Waals surface area contributed by atoms with Gasteiger partial charge in [-0.15, -0.1) is 0 Å². The van der Waals surface area contributed by atoms with Gasteiger partial charge in [-0.05, 0) is 18.3 Å². The van der Waals surface area contributed by atoms with Crippen molar-refractivity contribution < 1.29 is 9.84 Å². The molecule has 0 spiro atoms. The summed E-state index contributed by atoms with van der Waals surface area (Å²) < 4.78 is 5.24. The highest BCUT2D eigenvalue weighted by Crippen LogP contribution is 2.29. The lowest BCUT2D eigenvalue weighted by Crippen LogP contribution is -2.32. The van der Waals surface area contributed by atoms with E-state index in [-0.39, 0.29) is 11.5 Å². The number of aliphatic hydroxyl groups is 1. The van der Waals surface area contributed by atoms with Gasteiger partial charge in [-0.3, -0.25) is 9.88 Å². The second-order valence-corrected chi connectivity index (χ2v) is 6.03. The maximum atomic E-state index is 9.93. The number of likely N-dealkylation sites (tertiary alicyclic amines) is 1. The Labute approximate surface area is 114 Å². The molecule has 0 aliphatic carbocycles. The molecule has 1 atom stereocenters. The van der Waals surface area contributed by atoms with Crippen LogP contribution in [0.5, 0.6) is 5.88 Å². The minimum absolute atomic E-state index is 0.116. The molecule has 19 heavy (non-hydrogen) atoms. The molecule has 0 amide bonds. The smallest absolute Gasteiger partial charge is 0.236 e. The molecule has 1 N–H and O–H groups in total. The second-order valence-electron chi connectivity index (χ2n) is 6.03. The van der Waals surface area contributed by atoms with E-state index in [1.165, 1.54) is 0 Å². The molecule has 0 radical (unpaired) electrons. The van der Waals surface area contributed by atoms with Crippen LogP contribution in [-0.4, -0.2) is 46.3 Å². The molecule has 1 aromatic rings. The highest BCUT2D eigenvalue weighted by atomic mass is 16.5. The molecule has 5 heteroatoms. The van der Waals surface area contributed by atoms with E-state index in [1.54, 1.807) is 19.5 Å². The summed E-state index contributed by atoms with van der Waals surface area (Å²) in [5.74, 6) is 0.588. The maximum Gasteiger partial charge on any atom is 0.236 e. The number of hydrogen-bond acceptors (Lipinski definition) is 5. The molecule has 2 heterocycles. The number of hydrogen-bond donors (Lipinski definition) is 1. The normalized spacial score (nSPS) is 23.9. The van der Waals surface area contributed by atoms with Crippen molar-refractivity contribution in [2.75, 3.05) is 20.2 Å². The molecule has 1 aliphatic rings. The van der Waals surface area contributed by atoms with Crippen LogP contribution < -0.4 is 4.74 Å². The summed E-state index contributed by atoms with van der Waals surface area (Å²) >= 11 is 0. The lowest BCUT2D eigenvalue weighted by molar-refractivity contribution is 0.121. The van der Waals surface area contributed by atoms with Crippen LogP contribution in [0.1, 0.15) is 32.4 Å². The van der Waals surface area contributed by atoms with Crippen molar-refractivity contribution in [2.45, 2.75) is 39.3 Å². The second kappa shape index (κ2) is 5.84. The van der Waals surface area contributed by atoms with E-state index < -0.39 is 0 Å². The molecule has 1 fully saturated rings. The van der Waals surface area contributed by atoms with Gasteiger partial charge in [-0.2, -0.15) is 0 Å². The van der Waals surface area contributed by atoms with Crippen molar-refractivity contribution in [3.63, 3.8) is 0 Å². The third kappa shape index (κ3) is 3.88. The number of methoxy groups -OCH3 is 1. The average Bonchev–Trinajstić information content (AvgIpc) is 2.47. The first-order valence-electron chi connectivity index (χ1n) is 6.74. The first-order chi connectivity index (χ1) is 9.00. The predicted octanol–water partition coefficient (Wildman–Crippen LogP) is 1.47. The topological polar surface area (TPSA) is 58.5 Å². The Kier molecular flexibility index (Phi) is 4.37. The number of rotatable bonds is 3. The number of aromatic nitrogens is 2. The SMILES string of the molecule is COc1nccnc1CN1CCC(O)CC(C)(C)C1. The monoisotopic (exact) mass is 265 g/mol. The first-order valence-corrected chi connectivity index (χ1v) is 6.74. The Morgan fingerprint density at radius 3 is 2.89 bits per heavy atom. The van der Waals surface area contributed by atoms with Gasteiger partial charge in [0.1, 0.15) is 5.69 Å². The summed E-state index contributed by atoms with van der Waals surface area (Å²) in [5, 5.41) is 9.93. The van der Waals surface area contributed by atoms with Gasteiger partial charge in [0.2, 0.25) is 5.88 Å². The van der Waals surface area contributed by atoms with Crippen LogP contribution in [0.3, 0.4) is 0 Å². The van der Waals surface area contributed by atoms with Gasteiger partial charge in [0, 0.05) is 32.0 Å². The molecule has 106 valence electrons. The Hall–Kier alpha value is -1.20. The first kappa shape index (κ1) is 14.2. The van der Waals surface area contributed by atoms with Crippen LogP contribution in [0.2, 0.25) is 0 Å². The number of nitrogens with zero attached hydrogens (tertiary/aromatic N) is 3. The van der Waals surface area contributed by atoms with E-state index >= 15 is 0 Å². The standard InChI is InChI=1S/C14H23N3O2/c1-14(2)8-11(18)4-7-17(10-14)9-12-13(19-3)16-6-5-15-12/h5-6,11,18H,4,7-10H2,1-3H3. The van der Waals surface area contributed by atoms with Crippen molar-refractivity contribution in [3.8, 4) is 5.88 Å². The summed E-state index contributed by atoms with van der Waals surface area (Å²) in [6.07, 6.45) is 4.78. The Bertz CT molecular complexity index is 423. The molecule has 0 saturated carbocycles. The summed E-state index contributed by atoms with van der Waals surface area (Å²) in [6, 6.07) is 0. The number of aliphatic hydroxyl groups excluding tert-OH is 1. The van der Waals surface area contributed by atoms with Gasteiger partial charge in [0.25, 0.3) is 0 Å². The lowest BCUT2D eigenvalue weighted by atomic mass is 9.87. The average molecular weight is 265 g/mol. The quantitative estimate of drug-likeness (QED) is 0.897. The van der Waals surface area contributed by atoms with Crippen LogP contribution in [-0.2, 0) is 6.54 Å². The van der Waals surface area contributed by atoms with Crippen molar-refractivity contribution in [1.82, 2.24) is 14.9 Å². The van der Waals surface area contributed by atoms with Gasteiger partial charge in [-0.1, -0.05) is 13.8 Å². The summed E-state index contributed by atoms with van der Waals surface area (Å²) in [7, 11) is 1.61. The third-order valence-electron chi connectivity index (χ3n) is 3.52. The van der Waals surface area contributed by atoms with Gasteiger partial charge >= 0.3 is 0 Å². The van der Waals surface area contributed by atoms with Gasteiger partial charge in [0.05, 0.1) is 13.2 Å². The summed E-state index contributed by atoms with van der Waals surface area (Å²) in [4.78, 5) is 10.8. The molecule has 1 unspecified atom stereocenters. The van der Waals surface area contributed by atoms with E-state index in [0.29, 0.717) is 12.4 Å². The fourth-order valence-electron chi connectivity index (χ4n) is 2.80. The molecule has 1 aromatic heterocycles. The van der Waals surface area contributed by atoms with Crippen molar-refractivity contribution in [3.05, 3.63) is 18.1 Å². The molecule has 1 aliphatic heterocycles. The van der Waals surface area contributed by atoms with Crippen molar-refractivity contribution in [1.29, 1.82) is 0 Å². The maximum absolute atomic E-state index is 9.93. The van der Waals surface area contributed by atoms with Crippen LogP contribution in [0, 0.1) is 5.41 Å². The van der Waals surface area contributed by atoms with E-state index in [4.69, 9.17) is 4.74 Å². The highest BCUT2D eigenvalue weighted by molar-refractivity contribution is 5.17. The minimum Gasteiger partial charge on any atom is -0.480 e. The minimum atomic E-state index is -0.205. The van der Waals surface area contributed by atoms with Crippen LogP contribution >= 0.6 is 0 Å². The van der Waals surface area contributed by atoms with Gasteiger partial charge in [0.15, 0.2) is 0 Å².